The summed E-state index contributed by atoms with van der Waals surface area (Å²) < 4.78 is 0. The Balaban J connectivity index is 1.86. The van der Waals surface area contributed by atoms with Crippen molar-refractivity contribution in [2.75, 3.05) is 6.54 Å². The van der Waals surface area contributed by atoms with Gasteiger partial charge in [-0.15, -0.1) is 0 Å². The van der Waals surface area contributed by atoms with E-state index in [4.69, 9.17) is 0 Å². The number of nitrogens with one attached hydrogen (secondary N) is 1. The summed E-state index contributed by atoms with van der Waals surface area (Å²) in [6.45, 7) is 6.48. The number of benzene rings is 2. The van der Waals surface area contributed by atoms with E-state index in [1.165, 1.54) is 27.8 Å². The molecule has 2 aromatic carbocycles. The highest BCUT2D eigenvalue weighted by molar-refractivity contribution is 5.36. The van der Waals surface area contributed by atoms with Gasteiger partial charge in [-0.3, -0.25) is 0 Å². The van der Waals surface area contributed by atoms with Gasteiger partial charge in [0.05, 0.1) is 0 Å². The third-order valence-electron chi connectivity index (χ3n) is 4.25. The van der Waals surface area contributed by atoms with Crippen molar-refractivity contribution in [2.24, 2.45) is 0 Å². The van der Waals surface area contributed by atoms with Crippen LogP contribution in [0.5, 0.6) is 0 Å². The third kappa shape index (κ3) is 2.57. The van der Waals surface area contributed by atoms with E-state index in [0.717, 1.165) is 19.5 Å². The highest BCUT2D eigenvalue weighted by Crippen LogP contribution is 2.27. The lowest BCUT2D eigenvalue weighted by Crippen LogP contribution is -2.29. The molecule has 19 heavy (non-hydrogen) atoms. The molecule has 0 fully saturated rings. The Morgan fingerprint density at radius 2 is 1.89 bits per heavy atom. The maximum absolute atomic E-state index is 3.54. The Morgan fingerprint density at radius 1 is 1.05 bits per heavy atom. The molecule has 1 atom stereocenters. The number of rotatable bonds is 2. The molecular formula is C18H21N. The molecule has 0 saturated carbocycles. The van der Waals surface area contributed by atoms with Crippen LogP contribution in [-0.4, -0.2) is 6.54 Å². The zero-order valence-electron chi connectivity index (χ0n) is 11.7. The molecule has 98 valence electrons. The average Bonchev–Trinajstić information content (AvgIpc) is 2.43. The Hall–Kier alpha value is -1.60. The Bertz CT molecular complexity index is 586. The number of hydrogen-bond donors (Lipinski definition) is 1. The molecule has 1 heteroatoms. The molecule has 0 aliphatic carbocycles. The minimum Gasteiger partial charge on any atom is -0.312 e. The van der Waals surface area contributed by atoms with Crippen LogP contribution in [0, 0.1) is 13.8 Å². The van der Waals surface area contributed by atoms with E-state index >= 15 is 0 Å². The van der Waals surface area contributed by atoms with E-state index < -0.39 is 0 Å². The maximum Gasteiger partial charge on any atom is 0.0208 e. The zero-order chi connectivity index (χ0) is 13.2. The van der Waals surface area contributed by atoms with Crippen molar-refractivity contribution in [3.63, 3.8) is 0 Å². The van der Waals surface area contributed by atoms with E-state index in [9.17, 15) is 0 Å². The van der Waals surface area contributed by atoms with Crippen molar-refractivity contribution in [1.82, 2.24) is 5.32 Å². The van der Waals surface area contributed by atoms with Gasteiger partial charge >= 0.3 is 0 Å². The van der Waals surface area contributed by atoms with Gasteiger partial charge in [-0.1, -0.05) is 42.5 Å². The third-order valence-corrected chi connectivity index (χ3v) is 4.25. The number of hydrogen-bond acceptors (Lipinski definition) is 1. The van der Waals surface area contributed by atoms with E-state index in [2.05, 4.69) is 61.6 Å². The minimum atomic E-state index is 0.604. The van der Waals surface area contributed by atoms with Gasteiger partial charge < -0.3 is 5.32 Å². The summed E-state index contributed by atoms with van der Waals surface area (Å²) in [5.74, 6) is 0.604. The molecule has 0 saturated heterocycles. The van der Waals surface area contributed by atoms with Crippen LogP contribution in [0.3, 0.4) is 0 Å². The van der Waals surface area contributed by atoms with Gasteiger partial charge in [0, 0.05) is 19.0 Å². The first kappa shape index (κ1) is 12.4. The summed E-state index contributed by atoms with van der Waals surface area (Å²) in [6.07, 6.45) is 1.13. The van der Waals surface area contributed by atoms with E-state index in [1.54, 1.807) is 0 Å². The Labute approximate surface area is 115 Å². The van der Waals surface area contributed by atoms with Crippen LogP contribution in [-0.2, 0) is 13.0 Å². The summed E-state index contributed by atoms with van der Waals surface area (Å²) in [4.78, 5) is 0. The average molecular weight is 251 g/mol. The van der Waals surface area contributed by atoms with Gasteiger partial charge in [0.1, 0.15) is 0 Å². The quantitative estimate of drug-likeness (QED) is 0.857. The van der Waals surface area contributed by atoms with E-state index in [0.29, 0.717) is 5.92 Å². The van der Waals surface area contributed by atoms with Crippen LogP contribution >= 0.6 is 0 Å². The molecule has 0 aromatic heterocycles. The first-order valence-corrected chi connectivity index (χ1v) is 7.08. The minimum absolute atomic E-state index is 0.604. The van der Waals surface area contributed by atoms with Gasteiger partial charge in [-0.25, -0.2) is 0 Å². The van der Waals surface area contributed by atoms with Gasteiger partial charge in [0.2, 0.25) is 0 Å². The monoisotopic (exact) mass is 251 g/mol. The van der Waals surface area contributed by atoms with Crippen LogP contribution in [0.15, 0.2) is 42.5 Å². The lowest BCUT2D eigenvalue weighted by Gasteiger charge is -2.26. The highest BCUT2D eigenvalue weighted by Gasteiger charge is 2.19. The second-order valence-corrected chi connectivity index (χ2v) is 5.65. The molecule has 1 unspecified atom stereocenters. The van der Waals surface area contributed by atoms with Crippen molar-refractivity contribution < 1.29 is 0 Å². The molecule has 2 aromatic rings. The second-order valence-electron chi connectivity index (χ2n) is 5.65. The van der Waals surface area contributed by atoms with E-state index in [1.807, 2.05) is 0 Å². The normalized spacial score (nSPS) is 18.1. The standard InChI is InChI=1S/C18H21N/c1-13-7-8-15(9-14(13)2)10-17-12-19-11-16-5-3-4-6-18(16)17/h3-9,17,19H,10-12H2,1-2H3. The second kappa shape index (κ2) is 5.18. The summed E-state index contributed by atoms with van der Waals surface area (Å²) >= 11 is 0. The summed E-state index contributed by atoms with van der Waals surface area (Å²) in [5, 5.41) is 3.54. The molecule has 1 nitrogen and oxygen atoms in total. The van der Waals surface area contributed by atoms with Gasteiger partial charge in [-0.2, -0.15) is 0 Å². The molecule has 0 bridgehead atoms. The van der Waals surface area contributed by atoms with Crippen LogP contribution in [0.2, 0.25) is 0 Å². The Morgan fingerprint density at radius 3 is 2.74 bits per heavy atom. The Kier molecular flexibility index (Phi) is 3.39. The molecule has 3 rings (SSSR count). The smallest absolute Gasteiger partial charge is 0.0208 e. The first-order chi connectivity index (χ1) is 9.24. The number of fused-ring (bicyclic) bond motifs is 1. The van der Waals surface area contributed by atoms with Crippen LogP contribution in [0.25, 0.3) is 0 Å². The zero-order valence-corrected chi connectivity index (χ0v) is 11.7. The highest BCUT2D eigenvalue weighted by atomic mass is 14.9. The van der Waals surface area contributed by atoms with Crippen LogP contribution < -0.4 is 5.32 Å². The fourth-order valence-electron chi connectivity index (χ4n) is 2.98. The first-order valence-electron chi connectivity index (χ1n) is 7.08. The molecule has 0 amide bonds. The fraction of sp³-hybridized carbons (Fsp3) is 0.333. The fourth-order valence-corrected chi connectivity index (χ4v) is 2.98. The topological polar surface area (TPSA) is 12.0 Å². The molecule has 1 heterocycles. The van der Waals surface area contributed by atoms with Gasteiger partial charge in [0.15, 0.2) is 0 Å². The molecule has 0 radical (unpaired) electrons. The molecule has 0 spiro atoms. The van der Waals surface area contributed by atoms with Crippen LogP contribution in [0.4, 0.5) is 0 Å². The molecule has 1 N–H and O–H groups in total. The maximum atomic E-state index is 3.54. The summed E-state index contributed by atoms with van der Waals surface area (Å²) in [5.41, 5.74) is 7.22. The van der Waals surface area contributed by atoms with Crippen molar-refractivity contribution in [1.29, 1.82) is 0 Å². The molecule has 1 aliphatic heterocycles. The van der Waals surface area contributed by atoms with Crippen molar-refractivity contribution in [3.8, 4) is 0 Å². The molecule has 1 aliphatic rings. The number of aryl methyl sites for hydroxylation is 2. The predicted molar refractivity (Wildman–Crippen MR) is 80.5 cm³/mol. The van der Waals surface area contributed by atoms with Crippen molar-refractivity contribution in [2.45, 2.75) is 32.7 Å². The van der Waals surface area contributed by atoms with Gasteiger partial charge in [-0.05, 0) is 48.1 Å². The van der Waals surface area contributed by atoms with E-state index in [-0.39, 0.29) is 0 Å². The lowest BCUT2D eigenvalue weighted by molar-refractivity contribution is 0.539. The largest absolute Gasteiger partial charge is 0.312 e. The summed E-state index contributed by atoms with van der Waals surface area (Å²) in [6, 6.07) is 15.7. The molecular weight excluding hydrogens is 230 g/mol. The van der Waals surface area contributed by atoms with Crippen molar-refractivity contribution in [3.05, 3.63) is 70.3 Å². The summed E-state index contributed by atoms with van der Waals surface area (Å²) in [7, 11) is 0. The SMILES string of the molecule is Cc1ccc(CC2CNCc3ccccc32)cc1C. The predicted octanol–water partition coefficient (Wildman–Crippen LogP) is 3.73. The van der Waals surface area contributed by atoms with Crippen molar-refractivity contribution >= 4 is 0 Å². The van der Waals surface area contributed by atoms with Crippen LogP contribution in [0.1, 0.15) is 33.7 Å². The lowest BCUT2D eigenvalue weighted by atomic mass is 9.86. The van der Waals surface area contributed by atoms with Gasteiger partial charge in [0.25, 0.3) is 0 Å².